The molecule has 0 aromatic carbocycles. The molecule has 0 fully saturated rings. The molecule has 16 heavy (non-hydrogen) atoms. The van der Waals surface area contributed by atoms with Gasteiger partial charge in [0.25, 0.3) is 0 Å². The van der Waals surface area contributed by atoms with Gasteiger partial charge >= 0.3 is 0 Å². The largest absolute Gasteiger partial charge is 0.255 e. The lowest BCUT2D eigenvalue weighted by molar-refractivity contribution is 0.207. The van der Waals surface area contributed by atoms with Crippen molar-refractivity contribution in [1.29, 1.82) is 0 Å². The maximum atomic E-state index is 3.46. The molecule has 0 aliphatic heterocycles. The van der Waals surface area contributed by atoms with Crippen LogP contribution in [0.2, 0.25) is 0 Å². The summed E-state index contributed by atoms with van der Waals surface area (Å²) < 4.78 is 0. The Labute approximate surface area is 103 Å². The second-order valence-corrected chi connectivity index (χ2v) is 4.56. The van der Waals surface area contributed by atoms with Crippen molar-refractivity contribution in [2.75, 3.05) is 19.6 Å². The van der Waals surface area contributed by atoms with E-state index in [-0.39, 0.29) is 0 Å². The summed E-state index contributed by atoms with van der Waals surface area (Å²) in [5.74, 6) is 0. The molecular formula is C14H32N2. The second-order valence-electron chi connectivity index (χ2n) is 4.56. The van der Waals surface area contributed by atoms with E-state index in [0.29, 0.717) is 0 Å². The van der Waals surface area contributed by atoms with Gasteiger partial charge < -0.3 is 0 Å². The Hall–Kier alpha value is -0.0800. The Balaban J connectivity index is 3.03. The van der Waals surface area contributed by atoms with Crippen molar-refractivity contribution in [3.63, 3.8) is 0 Å². The van der Waals surface area contributed by atoms with Crippen LogP contribution in [0.5, 0.6) is 0 Å². The number of hydrogen-bond donors (Lipinski definition) is 1. The van der Waals surface area contributed by atoms with E-state index in [1.165, 1.54) is 51.4 Å². The summed E-state index contributed by atoms with van der Waals surface area (Å²) in [7, 11) is 0. The molecule has 0 spiro atoms. The van der Waals surface area contributed by atoms with Crippen LogP contribution in [0.3, 0.4) is 0 Å². The van der Waals surface area contributed by atoms with Gasteiger partial charge in [-0.05, 0) is 6.42 Å². The first-order valence-electron chi connectivity index (χ1n) is 7.33. The Morgan fingerprint density at radius 3 is 1.69 bits per heavy atom. The van der Waals surface area contributed by atoms with Gasteiger partial charge in [-0.15, -0.1) is 0 Å². The SMILES string of the molecule is CCCCCCCCCCNN(CC)CC. The summed E-state index contributed by atoms with van der Waals surface area (Å²) in [5.41, 5.74) is 3.46. The van der Waals surface area contributed by atoms with Gasteiger partial charge in [0, 0.05) is 19.6 Å². The summed E-state index contributed by atoms with van der Waals surface area (Å²) in [6.07, 6.45) is 11.2. The van der Waals surface area contributed by atoms with Crippen LogP contribution in [0, 0.1) is 0 Å². The average Bonchev–Trinajstić information content (AvgIpc) is 2.32. The Kier molecular flexibility index (Phi) is 12.9. The van der Waals surface area contributed by atoms with Gasteiger partial charge in [0.2, 0.25) is 0 Å². The molecule has 0 saturated heterocycles. The third-order valence-electron chi connectivity index (χ3n) is 3.13. The molecule has 0 saturated carbocycles. The number of nitrogens with one attached hydrogen (secondary N) is 1. The summed E-state index contributed by atoms with van der Waals surface area (Å²) in [6.45, 7) is 10.0. The molecule has 0 atom stereocenters. The Morgan fingerprint density at radius 2 is 1.19 bits per heavy atom. The summed E-state index contributed by atoms with van der Waals surface area (Å²) in [5, 5.41) is 2.28. The molecule has 1 N–H and O–H groups in total. The van der Waals surface area contributed by atoms with Crippen molar-refractivity contribution in [2.24, 2.45) is 0 Å². The highest BCUT2D eigenvalue weighted by Gasteiger charge is 1.96. The van der Waals surface area contributed by atoms with E-state index in [0.717, 1.165) is 19.6 Å². The number of rotatable bonds is 12. The molecule has 0 unspecified atom stereocenters. The molecule has 0 bridgehead atoms. The lowest BCUT2D eigenvalue weighted by Gasteiger charge is -2.19. The lowest BCUT2D eigenvalue weighted by Crippen LogP contribution is -2.38. The fourth-order valence-electron chi connectivity index (χ4n) is 1.94. The quantitative estimate of drug-likeness (QED) is 0.401. The van der Waals surface area contributed by atoms with Crippen LogP contribution in [0.1, 0.15) is 72.1 Å². The van der Waals surface area contributed by atoms with Crippen molar-refractivity contribution in [2.45, 2.75) is 72.1 Å². The number of unbranched alkanes of at least 4 members (excludes halogenated alkanes) is 7. The topological polar surface area (TPSA) is 15.3 Å². The van der Waals surface area contributed by atoms with Crippen LogP contribution in [0.4, 0.5) is 0 Å². The van der Waals surface area contributed by atoms with E-state index < -0.39 is 0 Å². The zero-order chi connectivity index (χ0) is 12.1. The monoisotopic (exact) mass is 228 g/mol. The van der Waals surface area contributed by atoms with Gasteiger partial charge in [-0.1, -0.05) is 65.7 Å². The standard InChI is InChI=1S/C14H32N2/c1-4-7-8-9-10-11-12-13-14-15-16(5-2)6-3/h15H,4-14H2,1-3H3. The lowest BCUT2D eigenvalue weighted by atomic mass is 10.1. The summed E-state index contributed by atoms with van der Waals surface area (Å²) in [4.78, 5) is 0. The fraction of sp³-hybridized carbons (Fsp3) is 1.00. The minimum atomic E-state index is 1.10. The molecule has 0 rings (SSSR count). The third-order valence-corrected chi connectivity index (χ3v) is 3.13. The first-order valence-corrected chi connectivity index (χ1v) is 7.33. The molecule has 0 aromatic rings. The highest BCUT2D eigenvalue weighted by atomic mass is 15.5. The molecule has 0 aromatic heterocycles. The summed E-state index contributed by atoms with van der Waals surface area (Å²) in [6, 6.07) is 0. The van der Waals surface area contributed by atoms with Crippen LogP contribution in [0.15, 0.2) is 0 Å². The first kappa shape index (κ1) is 15.9. The maximum Gasteiger partial charge on any atom is 0.0102 e. The van der Waals surface area contributed by atoms with Crippen LogP contribution < -0.4 is 5.43 Å². The van der Waals surface area contributed by atoms with Gasteiger partial charge in [0.15, 0.2) is 0 Å². The predicted molar refractivity (Wildman–Crippen MR) is 73.5 cm³/mol. The van der Waals surface area contributed by atoms with E-state index in [4.69, 9.17) is 0 Å². The molecule has 0 heterocycles. The smallest absolute Gasteiger partial charge is 0.0102 e. The van der Waals surface area contributed by atoms with Crippen LogP contribution >= 0.6 is 0 Å². The molecular weight excluding hydrogens is 196 g/mol. The Morgan fingerprint density at radius 1 is 0.688 bits per heavy atom. The number of hydrogen-bond acceptors (Lipinski definition) is 2. The zero-order valence-electron chi connectivity index (χ0n) is 11.7. The highest BCUT2D eigenvalue weighted by Crippen LogP contribution is 2.07. The molecule has 2 heteroatoms. The van der Waals surface area contributed by atoms with E-state index in [1.54, 1.807) is 0 Å². The summed E-state index contributed by atoms with van der Waals surface area (Å²) >= 11 is 0. The highest BCUT2D eigenvalue weighted by molar-refractivity contribution is 4.49. The van der Waals surface area contributed by atoms with E-state index in [2.05, 4.69) is 31.2 Å². The molecule has 2 nitrogen and oxygen atoms in total. The van der Waals surface area contributed by atoms with Crippen LogP contribution in [-0.4, -0.2) is 24.6 Å². The van der Waals surface area contributed by atoms with Gasteiger partial charge in [-0.25, -0.2) is 5.01 Å². The minimum absolute atomic E-state index is 1.10. The normalized spacial score (nSPS) is 11.2. The van der Waals surface area contributed by atoms with E-state index >= 15 is 0 Å². The Bertz CT molecular complexity index is 122. The van der Waals surface area contributed by atoms with Crippen LogP contribution in [-0.2, 0) is 0 Å². The van der Waals surface area contributed by atoms with Crippen molar-refractivity contribution in [3.05, 3.63) is 0 Å². The van der Waals surface area contributed by atoms with Gasteiger partial charge in [-0.3, -0.25) is 5.43 Å². The average molecular weight is 228 g/mol. The predicted octanol–water partition coefficient (Wildman–Crippen LogP) is 3.97. The van der Waals surface area contributed by atoms with E-state index in [1.807, 2.05) is 0 Å². The molecule has 0 aliphatic rings. The third kappa shape index (κ3) is 10.4. The molecule has 0 aliphatic carbocycles. The van der Waals surface area contributed by atoms with Gasteiger partial charge in [0.1, 0.15) is 0 Å². The van der Waals surface area contributed by atoms with Crippen LogP contribution in [0.25, 0.3) is 0 Å². The van der Waals surface area contributed by atoms with Crippen molar-refractivity contribution >= 4 is 0 Å². The minimum Gasteiger partial charge on any atom is -0.255 e. The first-order chi connectivity index (χ1) is 7.85. The number of nitrogens with zero attached hydrogens (tertiary/aromatic N) is 1. The van der Waals surface area contributed by atoms with Gasteiger partial charge in [-0.2, -0.15) is 0 Å². The van der Waals surface area contributed by atoms with Gasteiger partial charge in [0.05, 0.1) is 0 Å². The van der Waals surface area contributed by atoms with Crippen molar-refractivity contribution < 1.29 is 0 Å². The van der Waals surface area contributed by atoms with Crippen molar-refractivity contribution in [1.82, 2.24) is 10.4 Å². The molecule has 98 valence electrons. The molecule has 0 radical (unpaired) electrons. The second kappa shape index (κ2) is 13.0. The van der Waals surface area contributed by atoms with Crippen molar-refractivity contribution in [3.8, 4) is 0 Å². The maximum absolute atomic E-state index is 3.46. The fourth-order valence-corrected chi connectivity index (χ4v) is 1.94. The zero-order valence-corrected chi connectivity index (χ0v) is 11.7. The molecule has 0 amide bonds. The van der Waals surface area contributed by atoms with E-state index in [9.17, 15) is 0 Å². The number of hydrazine groups is 1.